The Balaban J connectivity index is 1.73. The third kappa shape index (κ3) is 2.97. The maximum Gasteiger partial charge on any atom is 0.256 e. The summed E-state index contributed by atoms with van der Waals surface area (Å²) in [5, 5.41) is 9.57. The van der Waals surface area contributed by atoms with Crippen molar-refractivity contribution >= 4 is 11.6 Å². The summed E-state index contributed by atoms with van der Waals surface area (Å²) in [4.78, 5) is 17.0. The van der Waals surface area contributed by atoms with Crippen LogP contribution in [0.4, 0.5) is 5.69 Å². The van der Waals surface area contributed by atoms with Crippen molar-refractivity contribution in [2.45, 2.75) is 31.7 Å². The van der Waals surface area contributed by atoms with Crippen LogP contribution in [0.15, 0.2) is 18.2 Å². The Morgan fingerprint density at radius 3 is 2.71 bits per heavy atom. The Morgan fingerprint density at radius 1 is 1.19 bits per heavy atom. The molecule has 5 nitrogen and oxygen atoms in total. The maximum absolute atomic E-state index is 12.6. The fourth-order valence-corrected chi connectivity index (χ4v) is 3.44. The number of benzene rings is 1. The van der Waals surface area contributed by atoms with Gasteiger partial charge in [0, 0.05) is 24.8 Å². The van der Waals surface area contributed by atoms with Crippen molar-refractivity contribution in [1.82, 2.24) is 9.80 Å². The number of piperidine rings is 1. The molecule has 2 heterocycles. The summed E-state index contributed by atoms with van der Waals surface area (Å²) >= 11 is 0. The number of hydrogen-bond donors (Lipinski definition) is 2. The zero-order valence-electron chi connectivity index (χ0n) is 12.3. The van der Waals surface area contributed by atoms with E-state index in [9.17, 15) is 9.90 Å². The average molecular weight is 289 g/mol. The number of aromatic hydroxyl groups is 1. The van der Waals surface area contributed by atoms with Crippen molar-refractivity contribution in [2.24, 2.45) is 0 Å². The van der Waals surface area contributed by atoms with E-state index in [1.54, 1.807) is 6.07 Å². The maximum atomic E-state index is 12.6. The molecular weight excluding hydrogens is 266 g/mol. The lowest BCUT2D eigenvalue weighted by Gasteiger charge is -2.37. The van der Waals surface area contributed by atoms with Gasteiger partial charge in [-0.1, -0.05) is 0 Å². The Morgan fingerprint density at radius 2 is 1.95 bits per heavy atom. The van der Waals surface area contributed by atoms with Gasteiger partial charge in [0.15, 0.2) is 0 Å². The molecule has 5 heteroatoms. The van der Waals surface area contributed by atoms with E-state index in [0.29, 0.717) is 17.3 Å². The lowest BCUT2D eigenvalue weighted by atomic mass is 10.0. The van der Waals surface area contributed by atoms with Crippen molar-refractivity contribution in [3.63, 3.8) is 0 Å². The predicted molar refractivity (Wildman–Crippen MR) is 82.3 cm³/mol. The summed E-state index contributed by atoms with van der Waals surface area (Å²) in [7, 11) is 0. The molecule has 0 radical (unpaired) electrons. The Bertz CT molecular complexity index is 526. The zero-order valence-corrected chi connectivity index (χ0v) is 12.3. The van der Waals surface area contributed by atoms with Crippen LogP contribution in [-0.2, 0) is 0 Å². The van der Waals surface area contributed by atoms with Gasteiger partial charge in [0.2, 0.25) is 0 Å². The molecule has 0 aliphatic carbocycles. The Hall–Kier alpha value is -1.75. The molecule has 1 atom stereocenters. The molecule has 2 aliphatic heterocycles. The number of anilines is 1. The number of nitrogens with zero attached hydrogens (tertiary/aromatic N) is 2. The highest BCUT2D eigenvalue weighted by Gasteiger charge is 2.30. The van der Waals surface area contributed by atoms with Gasteiger partial charge in [0.1, 0.15) is 5.75 Å². The molecule has 3 rings (SSSR count). The SMILES string of the molecule is Nc1ccc(O)cc1C(=O)N1CCCC(N2CCCC2)C1. The highest BCUT2D eigenvalue weighted by Crippen LogP contribution is 2.24. The smallest absolute Gasteiger partial charge is 0.256 e. The second-order valence-electron chi connectivity index (χ2n) is 6.06. The van der Waals surface area contributed by atoms with Crippen LogP contribution < -0.4 is 5.73 Å². The molecule has 2 aliphatic rings. The van der Waals surface area contributed by atoms with E-state index in [1.807, 2.05) is 4.90 Å². The van der Waals surface area contributed by atoms with E-state index in [-0.39, 0.29) is 11.7 Å². The minimum atomic E-state index is -0.0627. The third-order valence-electron chi connectivity index (χ3n) is 4.61. The molecule has 0 spiro atoms. The minimum Gasteiger partial charge on any atom is -0.508 e. The molecule has 3 N–H and O–H groups in total. The summed E-state index contributed by atoms with van der Waals surface area (Å²) in [5.74, 6) is 0.0212. The summed E-state index contributed by atoms with van der Waals surface area (Å²) < 4.78 is 0. The van der Waals surface area contributed by atoms with Crippen LogP contribution in [0.25, 0.3) is 0 Å². The number of nitrogen functional groups attached to an aromatic ring is 1. The number of hydrogen-bond acceptors (Lipinski definition) is 4. The van der Waals surface area contributed by atoms with Gasteiger partial charge in [0.05, 0.1) is 5.56 Å². The van der Waals surface area contributed by atoms with Crippen LogP contribution in [0.5, 0.6) is 5.75 Å². The first kappa shape index (κ1) is 14.2. The molecule has 1 aromatic carbocycles. The molecule has 1 unspecified atom stereocenters. The third-order valence-corrected chi connectivity index (χ3v) is 4.61. The van der Waals surface area contributed by atoms with E-state index in [1.165, 1.54) is 31.4 Å². The average Bonchev–Trinajstić information content (AvgIpc) is 3.03. The van der Waals surface area contributed by atoms with Gasteiger partial charge >= 0.3 is 0 Å². The van der Waals surface area contributed by atoms with Crippen LogP contribution in [0, 0.1) is 0 Å². The molecule has 0 aromatic heterocycles. The monoisotopic (exact) mass is 289 g/mol. The van der Waals surface area contributed by atoms with Crippen LogP contribution in [0.1, 0.15) is 36.0 Å². The molecule has 1 amide bonds. The van der Waals surface area contributed by atoms with Crippen molar-refractivity contribution in [3.8, 4) is 5.75 Å². The zero-order chi connectivity index (χ0) is 14.8. The molecule has 0 saturated carbocycles. The Kier molecular flexibility index (Phi) is 4.01. The highest BCUT2D eigenvalue weighted by molar-refractivity contribution is 5.99. The second-order valence-corrected chi connectivity index (χ2v) is 6.06. The van der Waals surface area contributed by atoms with Crippen molar-refractivity contribution in [3.05, 3.63) is 23.8 Å². The number of nitrogens with two attached hydrogens (primary N) is 1. The lowest BCUT2D eigenvalue weighted by Crippen LogP contribution is -2.49. The van der Waals surface area contributed by atoms with Gasteiger partial charge in [-0.05, 0) is 57.0 Å². The normalized spacial score (nSPS) is 23.4. The molecule has 2 saturated heterocycles. The minimum absolute atomic E-state index is 0.0627. The van der Waals surface area contributed by atoms with Crippen LogP contribution in [0.3, 0.4) is 0 Å². The van der Waals surface area contributed by atoms with E-state index < -0.39 is 0 Å². The highest BCUT2D eigenvalue weighted by atomic mass is 16.3. The number of likely N-dealkylation sites (tertiary alicyclic amines) is 2. The summed E-state index contributed by atoms with van der Waals surface area (Å²) in [6.45, 7) is 3.86. The molecule has 114 valence electrons. The van der Waals surface area contributed by atoms with Crippen LogP contribution in [0.2, 0.25) is 0 Å². The summed E-state index contributed by atoms with van der Waals surface area (Å²) in [6.07, 6.45) is 4.73. The van der Waals surface area contributed by atoms with E-state index in [4.69, 9.17) is 5.73 Å². The first-order valence-corrected chi connectivity index (χ1v) is 7.77. The largest absolute Gasteiger partial charge is 0.508 e. The van der Waals surface area contributed by atoms with Crippen molar-refractivity contribution < 1.29 is 9.90 Å². The van der Waals surface area contributed by atoms with Crippen LogP contribution >= 0.6 is 0 Å². The quantitative estimate of drug-likeness (QED) is 0.642. The van der Waals surface area contributed by atoms with Gasteiger partial charge in [-0.25, -0.2) is 0 Å². The van der Waals surface area contributed by atoms with Gasteiger partial charge < -0.3 is 15.7 Å². The van der Waals surface area contributed by atoms with Gasteiger partial charge in [0.25, 0.3) is 5.91 Å². The van der Waals surface area contributed by atoms with Gasteiger partial charge in [-0.2, -0.15) is 0 Å². The number of phenols is 1. The van der Waals surface area contributed by atoms with E-state index in [0.717, 1.165) is 32.6 Å². The lowest BCUT2D eigenvalue weighted by molar-refractivity contribution is 0.0608. The fraction of sp³-hybridized carbons (Fsp3) is 0.562. The summed E-state index contributed by atoms with van der Waals surface area (Å²) in [6, 6.07) is 5.04. The molecule has 21 heavy (non-hydrogen) atoms. The van der Waals surface area contributed by atoms with Gasteiger partial charge in [-0.3, -0.25) is 9.69 Å². The second kappa shape index (κ2) is 5.93. The molecule has 1 aromatic rings. The predicted octanol–water partition coefficient (Wildman–Crippen LogP) is 1.67. The Labute approximate surface area is 125 Å². The number of phenolic OH excluding ortho intramolecular Hbond substituents is 1. The van der Waals surface area contributed by atoms with Crippen molar-refractivity contribution in [1.29, 1.82) is 0 Å². The first-order valence-electron chi connectivity index (χ1n) is 7.77. The van der Waals surface area contributed by atoms with Crippen molar-refractivity contribution in [2.75, 3.05) is 31.9 Å². The summed E-state index contributed by atoms with van der Waals surface area (Å²) in [5.41, 5.74) is 6.73. The number of carbonyl (C=O) groups excluding carboxylic acids is 1. The van der Waals surface area contributed by atoms with E-state index in [2.05, 4.69) is 4.90 Å². The standard InChI is InChI=1S/C16H23N3O2/c17-15-6-5-13(20)10-14(15)16(21)19-9-3-4-12(11-19)18-7-1-2-8-18/h5-6,10,12,20H,1-4,7-9,11,17H2. The topological polar surface area (TPSA) is 69.8 Å². The molecule has 0 bridgehead atoms. The number of carbonyl (C=O) groups is 1. The molecule has 2 fully saturated rings. The number of rotatable bonds is 2. The van der Waals surface area contributed by atoms with E-state index >= 15 is 0 Å². The first-order chi connectivity index (χ1) is 10.1. The van der Waals surface area contributed by atoms with Crippen LogP contribution in [-0.4, -0.2) is 53.0 Å². The fourth-order valence-electron chi connectivity index (χ4n) is 3.44. The number of amides is 1. The van der Waals surface area contributed by atoms with Gasteiger partial charge in [-0.15, -0.1) is 0 Å². The molecular formula is C16H23N3O2.